The zero-order valence-corrected chi connectivity index (χ0v) is 19.3. The first-order valence-corrected chi connectivity index (χ1v) is 11.2. The highest BCUT2D eigenvalue weighted by molar-refractivity contribution is 5.73. The predicted molar refractivity (Wildman–Crippen MR) is 129 cm³/mol. The van der Waals surface area contributed by atoms with Crippen molar-refractivity contribution in [1.29, 1.82) is 0 Å². The van der Waals surface area contributed by atoms with E-state index in [9.17, 15) is 18.7 Å². The van der Waals surface area contributed by atoms with Crippen LogP contribution in [-0.4, -0.2) is 42.5 Å². The number of benzene rings is 2. The van der Waals surface area contributed by atoms with Gasteiger partial charge in [0.2, 0.25) is 0 Å². The van der Waals surface area contributed by atoms with E-state index in [0.717, 1.165) is 11.8 Å². The maximum atomic E-state index is 14.9. The zero-order chi connectivity index (χ0) is 25.8. The van der Waals surface area contributed by atoms with Gasteiger partial charge >= 0.3 is 5.97 Å². The highest BCUT2D eigenvalue weighted by Gasteiger charge is 2.22. The van der Waals surface area contributed by atoms with Gasteiger partial charge in [-0.25, -0.2) is 18.7 Å². The Balaban J connectivity index is 1.54. The average molecular weight is 502 g/mol. The van der Waals surface area contributed by atoms with Crippen LogP contribution in [0, 0.1) is 11.6 Å². The van der Waals surface area contributed by atoms with E-state index in [-0.39, 0.29) is 30.4 Å². The lowest BCUT2D eigenvalue weighted by atomic mass is 10.2. The average Bonchev–Trinajstić information content (AvgIpc) is 3.56. The number of rotatable bonds is 9. The maximum absolute atomic E-state index is 14.9. The number of carbonyl (C=O) groups is 1. The van der Waals surface area contributed by atoms with Crippen LogP contribution in [0.25, 0.3) is 22.9 Å². The molecule has 0 bridgehead atoms. The molecule has 9 nitrogen and oxygen atoms in total. The number of aromatic nitrogens is 5. The molecule has 186 valence electrons. The van der Waals surface area contributed by atoms with E-state index in [1.807, 2.05) is 30.3 Å². The number of nitrogens with zero attached hydrogens (tertiary/aromatic N) is 6. The van der Waals surface area contributed by atoms with Crippen molar-refractivity contribution < 1.29 is 23.2 Å². The number of anilines is 1. The second-order valence-electron chi connectivity index (χ2n) is 8.15. The number of carboxylic acid groups (broad SMARTS) is 1. The molecule has 0 saturated carbocycles. The Morgan fingerprint density at radius 3 is 2.51 bits per heavy atom. The molecule has 5 rings (SSSR count). The Labute approximate surface area is 209 Å². The molecule has 0 aliphatic heterocycles. The second-order valence-corrected chi connectivity index (χ2v) is 8.15. The Hall–Kier alpha value is -4.93. The van der Waals surface area contributed by atoms with Gasteiger partial charge < -0.3 is 14.5 Å². The first kappa shape index (κ1) is 23.8. The molecule has 3 heterocycles. The van der Waals surface area contributed by atoms with Crippen LogP contribution < -0.4 is 4.90 Å². The quantitative estimate of drug-likeness (QED) is 0.316. The normalized spacial score (nSPS) is 11.0. The highest BCUT2D eigenvalue weighted by Crippen LogP contribution is 2.27. The van der Waals surface area contributed by atoms with E-state index in [1.54, 1.807) is 30.3 Å². The minimum absolute atomic E-state index is 0.0666. The lowest BCUT2D eigenvalue weighted by Crippen LogP contribution is -2.31. The van der Waals surface area contributed by atoms with Gasteiger partial charge in [0.15, 0.2) is 17.5 Å². The number of hydrogen-bond donors (Lipinski definition) is 1. The third-order valence-corrected chi connectivity index (χ3v) is 5.55. The fraction of sp³-hybridized carbons (Fsp3) is 0.115. The molecule has 0 spiro atoms. The van der Waals surface area contributed by atoms with Crippen LogP contribution in [0.15, 0.2) is 83.7 Å². The molecule has 0 aliphatic rings. The van der Waals surface area contributed by atoms with Crippen molar-refractivity contribution in [2.24, 2.45) is 0 Å². The summed E-state index contributed by atoms with van der Waals surface area (Å²) >= 11 is 0. The van der Waals surface area contributed by atoms with Crippen molar-refractivity contribution in [3.8, 4) is 22.9 Å². The molecule has 5 aromatic rings. The number of aliphatic carboxylic acids is 1. The molecule has 11 heteroatoms. The molecular formula is C26H20F2N6O3. The summed E-state index contributed by atoms with van der Waals surface area (Å²) in [5.41, 5.74) is 2.41. The van der Waals surface area contributed by atoms with Gasteiger partial charge in [-0.15, -0.1) is 0 Å². The van der Waals surface area contributed by atoms with Crippen LogP contribution in [0.4, 0.5) is 14.6 Å². The third kappa shape index (κ3) is 5.35. The van der Waals surface area contributed by atoms with Crippen molar-refractivity contribution >= 4 is 11.8 Å². The summed E-state index contributed by atoms with van der Waals surface area (Å²) in [6.45, 7) is -0.275. The van der Waals surface area contributed by atoms with E-state index >= 15 is 0 Å². The van der Waals surface area contributed by atoms with Crippen molar-refractivity contribution in [2.45, 2.75) is 13.1 Å². The Kier molecular flexibility index (Phi) is 6.66. The van der Waals surface area contributed by atoms with Gasteiger partial charge in [-0.1, -0.05) is 53.7 Å². The summed E-state index contributed by atoms with van der Waals surface area (Å²) in [4.78, 5) is 21.3. The Bertz CT molecular complexity index is 1520. The van der Waals surface area contributed by atoms with Crippen LogP contribution in [0.1, 0.15) is 11.1 Å². The van der Waals surface area contributed by atoms with Crippen LogP contribution >= 0.6 is 0 Å². The van der Waals surface area contributed by atoms with Gasteiger partial charge in [0, 0.05) is 18.2 Å². The lowest BCUT2D eigenvalue weighted by Gasteiger charge is -2.22. The third-order valence-electron chi connectivity index (χ3n) is 5.55. The summed E-state index contributed by atoms with van der Waals surface area (Å²) in [6, 6.07) is 18.6. The van der Waals surface area contributed by atoms with Crippen molar-refractivity contribution in [1.82, 2.24) is 24.9 Å². The number of carboxylic acids is 1. The summed E-state index contributed by atoms with van der Waals surface area (Å²) in [7, 11) is 0. The number of hydrogen-bond acceptors (Lipinski definition) is 7. The van der Waals surface area contributed by atoms with Gasteiger partial charge in [0.05, 0.1) is 18.4 Å². The first-order chi connectivity index (χ1) is 18.0. The first-order valence-electron chi connectivity index (χ1n) is 11.2. The molecule has 0 aliphatic carbocycles. The monoisotopic (exact) mass is 502 g/mol. The van der Waals surface area contributed by atoms with Gasteiger partial charge in [0.25, 0.3) is 0 Å². The van der Waals surface area contributed by atoms with Crippen molar-refractivity contribution in [2.75, 3.05) is 11.4 Å². The molecule has 3 aromatic heterocycles. The van der Waals surface area contributed by atoms with Gasteiger partial charge in [-0.3, -0.25) is 9.48 Å². The molecular weight excluding hydrogens is 482 g/mol. The zero-order valence-electron chi connectivity index (χ0n) is 19.3. The molecule has 0 fully saturated rings. The largest absolute Gasteiger partial charge is 0.480 e. The van der Waals surface area contributed by atoms with Gasteiger partial charge in [-0.2, -0.15) is 5.10 Å². The molecule has 37 heavy (non-hydrogen) atoms. The van der Waals surface area contributed by atoms with E-state index < -0.39 is 24.1 Å². The molecule has 0 atom stereocenters. The molecule has 0 radical (unpaired) electrons. The number of halogens is 2. The highest BCUT2D eigenvalue weighted by atomic mass is 19.1. The lowest BCUT2D eigenvalue weighted by molar-refractivity contribution is -0.135. The van der Waals surface area contributed by atoms with E-state index in [4.69, 9.17) is 4.52 Å². The summed E-state index contributed by atoms with van der Waals surface area (Å²) in [6.07, 6.45) is 2.37. The van der Waals surface area contributed by atoms with E-state index in [1.165, 1.54) is 21.9 Å². The second kappa shape index (κ2) is 10.4. The summed E-state index contributed by atoms with van der Waals surface area (Å²) < 4.78 is 35.7. The minimum atomic E-state index is -1.14. The van der Waals surface area contributed by atoms with Crippen LogP contribution in [0.2, 0.25) is 0 Å². The van der Waals surface area contributed by atoms with Gasteiger partial charge in [0.1, 0.15) is 30.0 Å². The van der Waals surface area contributed by atoms with Crippen LogP contribution in [0.3, 0.4) is 0 Å². The molecule has 1 N–H and O–H groups in total. The smallest absolute Gasteiger partial charge is 0.323 e. The maximum Gasteiger partial charge on any atom is 0.323 e. The Morgan fingerprint density at radius 2 is 1.78 bits per heavy atom. The van der Waals surface area contributed by atoms with Crippen LogP contribution in [0.5, 0.6) is 0 Å². The van der Waals surface area contributed by atoms with E-state index in [0.29, 0.717) is 17.0 Å². The molecule has 2 aromatic carbocycles. The topological polar surface area (TPSA) is 110 Å². The van der Waals surface area contributed by atoms with E-state index in [2.05, 4.69) is 20.2 Å². The van der Waals surface area contributed by atoms with Crippen LogP contribution in [-0.2, 0) is 17.9 Å². The van der Waals surface area contributed by atoms with Crippen molar-refractivity contribution in [3.05, 3.63) is 102 Å². The summed E-state index contributed by atoms with van der Waals surface area (Å²) in [5.74, 6) is -2.42. The molecule has 0 saturated heterocycles. The fourth-order valence-electron chi connectivity index (χ4n) is 3.86. The minimum Gasteiger partial charge on any atom is -0.480 e. The predicted octanol–water partition coefficient (Wildman–Crippen LogP) is 4.41. The summed E-state index contributed by atoms with van der Waals surface area (Å²) in [5, 5.41) is 17.9. The van der Waals surface area contributed by atoms with Crippen molar-refractivity contribution in [3.63, 3.8) is 0 Å². The SMILES string of the molecule is O=C(O)CN(Cc1ccccc1)c1nc(-c2cc(-c3ccon3)n(Cc3ccccc3F)n2)ncc1F. The van der Waals surface area contributed by atoms with Gasteiger partial charge in [-0.05, 0) is 17.7 Å². The fourth-order valence-corrected chi connectivity index (χ4v) is 3.86. The Morgan fingerprint density at radius 1 is 1.00 bits per heavy atom. The molecule has 0 unspecified atom stereocenters. The molecule has 0 amide bonds. The standard InChI is InChI=1S/C26H20F2N6O3/c27-19-9-5-4-8-18(19)15-34-23(21-10-11-37-32-21)12-22(31-34)25-29-13-20(28)26(30-25)33(16-24(35)36)14-17-6-2-1-3-7-17/h1-13H,14-16H2,(H,35,36).